The van der Waals surface area contributed by atoms with Crippen molar-refractivity contribution in [3.8, 4) is 0 Å². The molecule has 0 bridgehead atoms. The van der Waals surface area contributed by atoms with Crippen LogP contribution in [0.5, 0.6) is 0 Å². The van der Waals surface area contributed by atoms with Gasteiger partial charge in [-0.3, -0.25) is 9.40 Å². The van der Waals surface area contributed by atoms with Crippen molar-refractivity contribution in [3.05, 3.63) is 18.0 Å². The zero-order valence-electron chi connectivity index (χ0n) is 9.91. The summed E-state index contributed by atoms with van der Waals surface area (Å²) in [6, 6.07) is 1.47. The minimum absolute atomic E-state index is 0.0513. The van der Waals surface area contributed by atoms with E-state index in [1.807, 2.05) is 6.92 Å². The summed E-state index contributed by atoms with van der Waals surface area (Å²) in [7, 11) is -3.80. The SMILES string of the molecule is CCn1cc(S(=O)(=O)Nc2cc(C)on2)c(N)n1. The molecule has 0 spiro atoms. The first-order valence-electron chi connectivity index (χ1n) is 5.21. The van der Waals surface area contributed by atoms with Gasteiger partial charge in [0, 0.05) is 18.8 Å². The van der Waals surface area contributed by atoms with Gasteiger partial charge >= 0.3 is 0 Å². The van der Waals surface area contributed by atoms with Crippen LogP contribution in [0, 0.1) is 6.92 Å². The molecule has 0 aliphatic heterocycles. The molecule has 98 valence electrons. The fraction of sp³-hybridized carbons (Fsp3) is 0.333. The van der Waals surface area contributed by atoms with Gasteiger partial charge in [0.2, 0.25) is 0 Å². The Hall–Kier alpha value is -2.03. The van der Waals surface area contributed by atoms with Crippen LogP contribution in [-0.4, -0.2) is 23.4 Å². The molecule has 0 radical (unpaired) electrons. The highest BCUT2D eigenvalue weighted by atomic mass is 32.2. The van der Waals surface area contributed by atoms with Gasteiger partial charge in [-0.25, -0.2) is 8.42 Å². The summed E-state index contributed by atoms with van der Waals surface area (Å²) < 4.78 is 32.6. The summed E-state index contributed by atoms with van der Waals surface area (Å²) in [6.07, 6.45) is 1.37. The lowest BCUT2D eigenvalue weighted by molar-refractivity contribution is 0.400. The van der Waals surface area contributed by atoms with E-state index in [1.54, 1.807) is 6.92 Å². The number of aromatic nitrogens is 3. The third kappa shape index (κ3) is 2.30. The Balaban J connectivity index is 2.33. The number of hydrogen-bond acceptors (Lipinski definition) is 6. The van der Waals surface area contributed by atoms with Gasteiger partial charge in [0.25, 0.3) is 10.0 Å². The van der Waals surface area contributed by atoms with Crippen molar-refractivity contribution < 1.29 is 12.9 Å². The second-order valence-electron chi connectivity index (χ2n) is 3.66. The molecule has 2 aromatic heterocycles. The summed E-state index contributed by atoms with van der Waals surface area (Å²) in [5.74, 6) is 0.561. The minimum Gasteiger partial charge on any atom is -0.381 e. The zero-order valence-corrected chi connectivity index (χ0v) is 10.7. The lowest BCUT2D eigenvalue weighted by Gasteiger charge is -2.02. The molecule has 3 N–H and O–H groups in total. The standard InChI is InChI=1S/C9H13N5O3S/c1-3-14-5-7(9(10)11-14)18(15,16)13-8-4-6(2)17-12-8/h4-5H,3H2,1-2H3,(H2,10,11)(H,12,13). The van der Waals surface area contributed by atoms with Crippen LogP contribution in [0.2, 0.25) is 0 Å². The highest BCUT2D eigenvalue weighted by Crippen LogP contribution is 2.20. The molecule has 2 aromatic rings. The molecule has 2 rings (SSSR count). The molecular formula is C9H13N5O3S. The highest BCUT2D eigenvalue weighted by Gasteiger charge is 2.22. The van der Waals surface area contributed by atoms with E-state index >= 15 is 0 Å². The second-order valence-corrected chi connectivity index (χ2v) is 5.31. The Kier molecular flexibility index (Phi) is 2.99. The lowest BCUT2D eigenvalue weighted by atomic mass is 10.5. The molecule has 0 aromatic carbocycles. The van der Waals surface area contributed by atoms with Crippen molar-refractivity contribution in [2.75, 3.05) is 10.5 Å². The maximum atomic E-state index is 12.0. The van der Waals surface area contributed by atoms with Crippen LogP contribution in [0.25, 0.3) is 0 Å². The number of nitrogens with one attached hydrogen (secondary N) is 1. The van der Waals surface area contributed by atoms with Gasteiger partial charge in [0.1, 0.15) is 10.7 Å². The smallest absolute Gasteiger partial charge is 0.268 e. The number of nitrogens with two attached hydrogens (primary N) is 1. The number of sulfonamides is 1. The summed E-state index contributed by atoms with van der Waals surface area (Å²) >= 11 is 0. The van der Waals surface area contributed by atoms with Crippen molar-refractivity contribution in [3.63, 3.8) is 0 Å². The summed E-state index contributed by atoms with van der Waals surface area (Å²) in [4.78, 5) is -0.0787. The number of anilines is 2. The predicted molar refractivity (Wildman–Crippen MR) is 64.4 cm³/mol. The molecule has 0 unspecified atom stereocenters. The van der Waals surface area contributed by atoms with E-state index < -0.39 is 10.0 Å². The van der Waals surface area contributed by atoms with E-state index in [9.17, 15) is 8.42 Å². The van der Waals surface area contributed by atoms with Crippen LogP contribution in [0.3, 0.4) is 0 Å². The van der Waals surface area contributed by atoms with E-state index in [0.29, 0.717) is 12.3 Å². The summed E-state index contributed by atoms with van der Waals surface area (Å²) in [5, 5.41) is 7.42. The molecule has 0 amide bonds. The second kappa shape index (κ2) is 4.33. The van der Waals surface area contributed by atoms with Crippen LogP contribution in [0.1, 0.15) is 12.7 Å². The first-order valence-corrected chi connectivity index (χ1v) is 6.69. The van der Waals surface area contributed by atoms with Gasteiger partial charge in [-0.15, -0.1) is 0 Å². The van der Waals surface area contributed by atoms with E-state index in [0.717, 1.165) is 0 Å². The van der Waals surface area contributed by atoms with E-state index in [1.165, 1.54) is 16.9 Å². The van der Waals surface area contributed by atoms with Crippen molar-refractivity contribution >= 4 is 21.7 Å². The lowest BCUT2D eigenvalue weighted by Crippen LogP contribution is -2.14. The van der Waals surface area contributed by atoms with Crippen molar-refractivity contribution in [2.24, 2.45) is 0 Å². The van der Waals surface area contributed by atoms with Gasteiger partial charge in [-0.1, -0.05) is 5.16 Å². The fourth-order valence-electron chi connectivity index (χ4n) is 1.39. The van der Waals surface area contributed by atoms with Gasteiger partial charge < -0.3 is 10.3 Å². The topological polar surface area (TPSA) is 116 Å². The highest BCUT2D eigenvalue weighted by molar-refractivity contribution is 7.92. The van der Waals surface area contributed by atoms with Gasteiger partial charge in [-0.2, -0.15) is 5.10 Å². The molecular weight excluding hydrogens is 258 g/mol. The Labute approximate surface area is 104 Å². The molecule has 0 atom stereocenters. The first kappa shape index (κ1) is 12.4. The molecule has 8 nitrogen and oxygen atoms in total. The maximum Gasteiger partial charge on any atom is 0.268 e. The molecule has 18 heavy (non-hydrogen) atoms. The predicted octanol–water partition coefficient (Wildman–Crippen LogP) is 0.582. The average molecular weight is 271 g/mol. The average Bonchev–Trinajstić information content (AvgIpc) is 2.84. The zero-order chi connectivity index (χ0) is 13.3. The first-order chi connectivity index (χ1) is 8.42. The number of rotatable bonds is 4. The van der Waals surface area contributed by atoms with Gasteiger partial charge in [0.05, 0.1) is 0 Å². The normalized spacial score (nSPS) is 11.7. The Bertz CT molecular complexity index is 658. The van der Waals surface area contributed by atoms with Crippen LogP contribution in [-0.2, 0) is 16.6 Å². The fourth-order valence-corrected chi connectivity index (χ4v) is 2.45. The van der Waals surface area contributed by atoms with Crippen LogP contribution >= 0.6 is 0 Å². The monoisotopic (exact) mass is 271 g/mol. The van der Waals surface area contributed by atoms with E-state index in [-0.39, 0.29) is 16.5 Å². The maximum absolute atomic E-state index is 12.0. The van der Waals surface area contributed by atoms with Crippen molar-refractivity contribution in [1.29, 1.82) is 0 Å². The third-order valence-corrected chi connectivity index (χ3v) is 3.61. The number of hydrogen-bond donors (Lipinski definition) is 2. The van der Waals surface area contributed by atoms with Crippen molar-refractivity contribution in [1.82, 2.24) is 14.9 Å². The number of nitrogen functional groups attached to an aromatic ring is 1. The Morgan fingerprint density at radius 3 is 2.78 bits per heavy atom. The van der Waals surface area contributed by atoms with E-state index in [2.05, 4.69) is 15.0 Å². The van der Waals surface area contributed by atoms with Crippen LogP contribution < -0.4 is 10.5 Å². The molecule has 0 saturated carbocycles. The molecule has 0 saturated heterocycles. The molecule has 0 fully saturated rings. The van der Waals surface area contributed by atoms with Gasteiger partial charge in [-0.05, 0) is 13.8 Å². The molecule has 0 aliphatic rings. The quantitative estimate of drug-likeness (QED) is 0.840. The van der Waals surface area contributed by atoms with Gasteiger partial charge in [0.15, 0.2) is 11.6 Å². The largest absolute Gasteiger partial charge is 0.381 e. The molecule has 0 aliphatic carbocycles. The minimum atomic E-state index is -3.80. The summed E-state index contributed by atoms with van der Waals surface area (Å²) in [6.45, 7) is 4.02. The third-order valence-electron chi connectivity index (χ3n) is 2.24. The van der Waals surface area contributed by atoms with Crippen LogP contribution in [0.4, 0.5) is 11.6 Å². The van der Waals surface area contributed by atoms with Crippen LogP contribution in [0.15, 0.2) is 21.7 Å². The number of nitrogens with zero attached hydrogens (tertiary/aromatic N) is 3. The number of aryl methyl sites for hydroxylation is 2. The Morgan fingerprint density at radius 1 is 1.56 bits per heavy atom. The molecule has 9 heteroatoms. The Morgan fingerprint density at radius 2 is 2.28 bits per heavy atom. The van der Waals surface area contributed by atoms with Crippen molar-refractivity contribution in [2.45, 2.75) is 25.3 Å². The summed E-state index contributed by atoms with van der Waals surface area (Å²) in [5.41, 5.74) is 5.57. The van der Waals surface area contributed by atoms with E-state index in [4.69, 9.17) is 10.3 Å². The molecule has 2 heterocycles.